The van der Waals surface area contributed by atoms with Crippen LogP contribution in [0, 0.1) is 0 Å². The van der Waals surface area contributed by atoms with Crippen LogP contribution in [0.15, 0.2) is 11.6 Å². The number of anilines is 1. The zero-order valence-electron chi connectivity index (χ0n) is 16.7. The third-order valence-corrected chi connectivity index (χ3v) is 5.43. The first kappa shape index (κ1) is 20.6. The first-order chi connectivity index (χ1) is 13.6. The molecule has 1 aromatic heterocycles. The van der Waals surface area contributed by atoms with E-state index in [1.165, 1.54) is 11.3 Å². The minimum atomic E-state index is -0.942. The lowest BCUT2D eigenvalue weighted by atomic mass is 9.98. The van der Waals surface area contributed by atoms with Crippen LogP contribution in [0.5, 0.6) is 0 Å². The molecule has 11 heteroatoms. The number of rotatable bonds is 5. The van der Waals surface area contributed by atoms with Crippen LogP contribution in [-0.4, -0.2) is 65.6 Å². The zero-order valence-corrected chi connectivity index (χ0v) is 17.5. The first-order valence-electron chi connectivity index (χ1n) is 9.47. The first-order valence-corrected chi connectivity index (χ1v) is 10.4. The molecule has 0 aromatic carbocycles. The van der Waals surface area contributed by atoms with Crippen molar-refractivity contribution < 1.29 is 33.3 Å². The summed E-state index contributed by atoms with van der Waals surface area (Å²) in [6.07, 6.45) is -1.62. The summed E-state index contributed by atoms with van der Waals surface area (Å²) < 4.78 is 29.5. The van der Waals surface area contributed by atoms with E-state index in [-0.39, 0.29) is 18.9 Å². The summed E-state index contributed by atoms with van der Waals surface area (Å²) in [4.78, 5) is 28.7. The van der Waals surface area contributed by atoms with Gasteiger partial charge in [-0.2, -0.15) is 0 Å². The molecular weight excluding hydrogens is 402 g/mol. The standard InChI is InChI=1S/C18H25N3O7S/c1-17(2)25-10-11(26-17)13-15(28-18(3,4)27-13)24-12(10)14(23)19-6-5-9(22)21-16-20-7-8-29-16/h7-8,10-13,15H,5-6H2,1-4H3,(H,19,23)(H,20,21,22)/t10-,11+,12?,13-,15-/m1/s1. The predicted molar refractivity (Wildman–Crippen MR) is 101 cm³/mol. The van der Waals surface area contributed by atoms with Crippen LogP contribution >= 0.6 is 11.3 Å². The number of aromatic nitrogens is 1. The van der Waals surface area contributed by atoms with E-state index in [1.807, 2.05) is 0 Å². The van der Waals surface area contributed by atoms with Crippen molar-refractivity contribution in [2.75, 3.05) is 11.9 Å². The van der Waals surface area contributed by atoms with E-state index in [1.54, 1.807) is 39.3 Å². The molecule has 0 spiro atoms. The fraction of sp³-hybridized carbons (Fsp3) is 0.722. The second kappa shape index (κ2) is 7.56. The number of hydrogen-bond acceptors (Lipinski definition) is 9. The molecule has 3 fully saturated rings. The number of nitrogens with one attached hydrogen (secondary N) is 2. The molecule has 3 saturated heterocycles. The molecule has 0 aliphatic carbocycles. The van der Waals surface area contributed by atoms with Crippen molar-refractivity contribution in [3.05, 3.63) is 11.6 Å². The van der Waals surface area contributed by atoms with Gasteiger partial charge in [0, 0.05) is 24.5 Å². The van der Waals surface area contributed by atoms with Gasteiger partial charge in [-0.05, 0) is 27.7 Å². The van der Waals surface area contributed by atoms with Crippen molar-refractivity contribution in [3.63, 3.8) is 0 Å². The molecular formula is C18H25N3O7S. The van der Waals surface area contributed by atoms with Crippen LogP contribution in [0.25, 0.3) is 0 Å². The van der Waals surface area contributed by atoms with Gasteiger partial charge in [-0.1, -0.05) is 0 Å². The number of hydrogen-bond donors (Lipinski definition) is 2. The lowest BCUT2D eigenvalue weighted by Crippen LogP contribution is -2.59. The Bertz CT molecular complexity index is 770. The zero-order chi connectivity index (χ0) is 20.8. The molecule has 3 aliphatic heterocycles. The molecule has 0 radical (unpaired) electrons. The highest BCUT2D eigenvalue weighted by atomic mass is 32.1. The number of carbonyl (C=O) groups is 2. The van der Waals surface area contributed by atoms with Crippen LogP contribution in [0.1, 0.15) is 34.1 Å². The highest BCUT2D eigenvalue weighted by molar-refractivity contribution is 7.13. The topological polar surface area (TPSA) is 117 Å². The number of ether oxygens (including phenoxy) is 5. The number of carbonyl (C=O) groups excluding carboxylic acids is 2. The van der Waals surface area contributed by atoms with E-state index in [0.717, 1.165) is 0 Å². The highest BCUT2D eigenvalue weighted by Crippen LogP contribution is 2.44. The Kier molecular flexibility index (Phi) is 5.38. The lowest BCUT2D eigenvalue weighted by Gasteiger charge is -2.36. The van der Waals surface area contributed by atoms with Gasteiger partial charge in [0.2, 0.25) is 5.91 Å². The minimum Gasteiger partial charge on any atom is -0.353 e. The van der Waals surface area contributed by atoms with Gasteiger partial charge in [0.25, 0.3) is 5.91 Å². The minimum absolute atomic E-state index is 0.105. The summed E-state index contributed by atoms with van der Waals surface area (Å²) in [5.41, 5.74) is 0. The Morgan fingerprint density at radius 2 is 1.76 bits per heavy atom. The van der Waals surface area contributed by atoms with Crippen LogP contribution in [0.3, 0.4) is 0 Å². The molecule has 0 bridgehead atoms. The molecule has 2 N–H and O–H groups in total. The maximum Gasteiger partial charge on any atom is 0.252 e. The Labute approximate surface area is 172 Å². The van der Waals surface area contributed by atoms with Crippen LogP contribution < -0.4 is 10.6 Å². The van der Waals surface area contributed by atoms with Gasteiger partial charge in [0.05, 0.1) is 0 Å². The third-order valence-electron chi connectivity index (χ3n) is 4.74. The molecule has 3 aliphatic rings. The molecule has 2 amide bonds. The number of fused-ring (bicyclic) bond motifs is 3. The summed E-state index contributed by atoms with van der Waals surface area (Å²) in [7, 11) is 0. The normalized spacial score (nSPS) is 34.3. The summed E-state index contributed by atoms with van der Waals surface area (Å²) in [5.74, 6) is -2.36. The number of thiazole rings is 1. The lowest BCUT2D eigenvalue weighted by molar-refractivity contribution is -0.231. The smallest absolute Gasteiger partial charge is 0.252 e. The van der Waals surface area contributed by atoms with E-state index < -0.39 is 48.2 Å². The Morgan fingerprint density at radius 3 is 2.48 bits per heavy atom. The van der Waals surface area contributed by atoms with Crippen LogP contribution in [0.4, 0.5) is 5.13 Å². The van der Waals surface area contributed by atoms with Gasteiger partial charge in [0.1, 0.15) is 18.3 Å². The molecule has 160 valence electrons. The van der Waals surface area contributed by atoms with Gasteiger partial charge in [-0.15, -0.1) is 11.3 Å². The second-order valence-corrected chi connectivity index (χ2v) is 8.91. The molecule has 5 atom stereocenters. The summed E-state index contributed by atoms with van der Waals surface area (Å²) in [5, 5.41) is 7.68. The monoisotopic (exact) mass is 427 g/mol. The van der Waals surface area contributed by atoms with Gasteiger partial charge >= 0.3 is 0 Å². The molecule has 1 unspecified atom stereocenters. The van der Waals surface area contributed by atoms with Gasteiger partial charge in [-0.3, -0.25) is 9.59 Å². The quantitative estimate of drug-likeness (QED) is 0.714. The summed E-state index contributed by atoms with van der Waals surface area (Å²) in [6.45, 7) is 7.26. The molecule has 10 nitrogen and oxygen atoms in total. The largest absolute Gasteiger partial charge is 0.353 e. The maximum atomic E-state index is 12.8. The van der Waals surface area contributed by atoms with Crippen molar-refractivity contribution in [2.24, 2.45) is 0 Å². The van der Waals surface area contributed by atoms with Crippen LogP contribution in [-0.2, 0) is 33.3 Å². The Balaban J connectivity index is 1.36. The van der Waals surface area contributed by atoms with Crippen molar-refractivity contribution in [1.29, 1.82) is 0 Å². The van der Waals surface area contributed by atoms with Crippen molar-refractivity contribution in [3.8, 4) is 0 Å². The SMILES string of the molecule is CC1(C)O[C@H]2OC(C(=O)NCCC(=O)Nc3nccs3)[C@@H]3OC(C)(C)O[C@@H]3[C@H]2O1. The fourth-order valence-electron chi connectivity index (χ4n) is 3.69. The average Bonchev–Trinajstić information content (AvgIpc) is 3.29. The summed E-state index contributed by atoms with van der Waals surface area (Å²) >= 11 is 1.33. The van der Waals surface area contributed by atoms with Crippen molar-refractivity contribution in [2.45, 2.75) is 76.4 Å². The molecule has 4 rings (SSSR count). The molecule has 4 heterocycles. The average molecular weight is 427 g/mol. The number of amides is 2. The van der Waals surface area contributed by atoms with E-state index in [0.29, 0.717) is 5.13 Å². The van der Waals surface area contributed by atoms with E-state index in [4.69, 9.17) is 23.7 Å². The number of nitrogens with zero attached hydrogens (tertiary/aromatic N) is 1. The summed E-state index contributed by atoms with van der Waals surface area (Å²) in [6, 6.07) is 0. The molecule has 1 aromatic rings. The Hall–Kier alpha value is -1.63. The highest BCUT2D eigenvalue weighted by Gasteiger charge is 2.62. The molecule has 29 heavy (non-hydrogen) atoms. The van der Waals surface area contributed by atoms with Crippen molar-refractivity contribution in [1.82, 2.24) is 10.3 Å². The predicted octanol–water partition coefficient (Wildman–Crippen LogP) is 0.984. The maximum absolute atomic E-state index is 12.8. The van der Waals surface area contributed by atoms with Gasteiger partial charge in [-0.25, -0.2) is 4.98 Å². The third kappa shape index (κ3) is 4.44. The van der Waals surface area contributed by atoms with E-state index in [2.05, 4.69) is 15.6 Å². The van der Waals surface area contributed by atoms with E-state index in [9.17, 15) is 9.59 Å². The second-order valence-electron chi connectivity index (χ2n) is 8.02. The van der Waals surface area contributed by atoms with Crippen molar-refractivity contribution >= 4 is 28.3 Å². The van der Waals surface area contributed by atoms with Crippen LogP contribution in [0.2, 0.25) is 0 Å². The Morgan fingerprint density at radius 1 is 1.07 bits per heavy atom. The van der Waals surface area contributed by atoms with E-state index >= 15 is 0 Å². The molecule has 0 saturated carbocycles. The van der Waals surface area contributed by atoms with Gasteiger partial charge < -0.3 is 34.3 Å². The van der Waals surface area contributed by atoms with Gasteiger partial charge in [0.15, 0.2) is 29.1 Å². The fourth-order valence-corrected chi connectivity index (χ4v) is 4.24.